The number of hydrogen-bond donors (Lipinski definition) is 2. The number of hydrogen-bond acceptors (Lipinski definition) is 5. The first-order valence-electron chi connectivity index (χ1n) is 8.33. The van der Waals surface area contributed by atoms with Gasteiger partial charge in [0.25, 0.3) is 0 Å². The molecule has 136 valence electrons. The lowest BCUT2D eigenvalue weighted by atomic mass is 10.0. The zero-order valence-corrected chi connectivity index (χ0v) is 15.2. The van der Waals surface area contributed by atoms with Crippen LogP contribution in [0.5, 0.6) is 0 Å². The number of ketones is 1. The molecule has 1 atom stereocenters. The summed E-state index contributed by atoms with van der Waals surface area (Å²) in [6.45, 7) is 0. The van der Waals surface area contributed by atoms with Crippen molar-refractivity contribution in [2.75, 3.05) is 0 Å². The molecular weight excluding hydrogens is 362 g/mol. The molecule has 0 amide bonds. The monoisotopic (exact) mass is 379 g/mol. The molecule has 1 aromatic carbocycles. The highest BCUT2D eigenvalue weighted by molar-refractivity contribution is 6.30. The van der Waals surface area contributed by atoms with E-state index in [9.17, 15) is 4.79 Å². The normalized spacial score (nSPS) is 12.4. The van der Waals surface area contributed by atoms with E-state index < -0.39 is 6.04 Å². The number of rotatable bonds is 7. The van der Waals surface area contributed by atoms with E-state index in [4.69, 9.17) is 17.3 Å². The molecule has 0 aliphatic carbocycles. The van der Waals surface area contributed by atoms with Crippen molar-refractivity contribution < 1.29 is 4.79 Å². The maximum Gasteiger partial charge on any atom is 0.169 e. The van der Waals surface area contributed by atoms with Crippen molar-refractivity contribution in [1.29, 1.82) is 0 Å². The van der Waals surface area contributed by atoms with Gasteiger partial charge in [0.2, 0.25) is 0 Å². The summed E-state index contributed by atoms with van der Waals surface area (Å²) in [6, 6.07) is 17.2. The van der Waals surface area contributed by atoms with Crippen LogP contribution in [0.15, 0.2) is 78.2 Å². The van der Waals surface area contributed by atoms with Gasteiger partial charge in [-0.05, 0) is 48.5 Å². The van der Waals surface area contributed by atoms with E-state index in [2.05, 4.69) is 20.5 Å². The Balaban J connectivity index is 1.79. The minimum Gasteiger partial charge on any atom is -0.380 e. The molecule has 0 saturated heterocycles. The Morgan fingerprint density at radius 3 is 2.37 bits per heavy atom. The number of carbonyl (C=O) groups excluding carboxylic acids is 1. The molecule has 27 heavy (non-hydrogen) atoms. The maximum absolute atomic E-state index is 12.7. The van der Waals surface area contributed by atoms with Gasteiger partial charge in [-0.25, -0.2) is 0 Å². The number of halogens is 1. The second-order valence-corrected chi connectivity index (χ2v) is 6.22. The molecule has 0 aliphatic heterocycles. The van der Waals surface area contributed by atoms with Crippen molar-refractivity contribution >= 4 is 23.2 Å². The quantitative estimate of drug-likeness (QED) is 0.284. The van der Waals surface area contributed by atoms with Crippen LogP contribution in [0.1, 0.15) is 34.2 Å². The Hall–Kier alpha value is -3.25. The number of aromatic nitrogens is 2. The van der Waals surface area contributed by atoms with E-state index in [1.54, 1.807) is 48.8 Å². The van der Waals surface area contributed by atoms with Crippen LogP contribution in [-0.2, 0) is 0 Å². The summed E-state index contributed by atoms with van der Waals surface area (Å²) in [6.07, 6.45) is 3.47. The standard InChI is InChI=1S/C20H18ClN5O/c21-15-9-7-14(8-10-15)19(27)13-18(16-5-1-3-11-23-16)25-26-20(22)17-6-2-4-12-24-17/h1-12,18,25H,13H2,(H2,22,26). The molecule has 3 aromatic rings. The largest absolute Gasteiger partial charge is 0.380 e. The van der Waals surface area contributed by atoms with Crippen molar-refractivity contribution in [3.63, 3.8) is 0 Å². The fraction of sp³-hybridized carbons (Fsp3) is 0.100. The van der Waals surface area contributed by atoms with E-state index in [1.165, 1.54) is 0 Å². The van der Waals surface area contributed by atoms with Crippen LogP contribution >= 0.6 is 11.6 Å². The molecule has 3 N–H and O–H groups in total. The lowest BCUT2D eigenvalue weighted by Crippen LogP contribution is -2.25. The highest BCUT2D eigenvalue weighted by Crippen LogP contribution is 2.19. The third-order valence-electron chi connectivity index (χ3n) is 3.87. The Morgan fingerprint density at radius 1 is 1.04 bits per heavy atom. The summed E-state index contributed by atoms with van der Waals surface area (Å²) in [5.74, 6) is 0.178. The van der Waals surface area contributed by atoms with Gasteiger partial charge in [0, 0.05) is 29.4 Å². The summed E-state index contributed by atoms with van der Waals surface area (Å²) in [5, 5.41) is 4.78. The Labute approximate surface area is 162 Å². The second-order valence-electron chi connectivity index (χ2n) is 5.78. The van der Waals surface area contributed by atoms with Crippen LogP contribution in [0.4, 0.5) is 0 Å². The minimum absolute atomic E-state index is 0.0542. The molecule has 3 rings (SSSR count). The van der Waals surface area contributed by atoms with Crippen LogP contribution in [0, 0.1) is 0 Å². The summed E-state index contributed by atoms with van der Waals surface area (Å²) in [4.78, 5) is 21.1. The molecule has 7 heteroatoms. The SMILES string of the molecule is N/C(=N\NC(CC(=O)c1ccc(Cl)cc1)c1ccccn1)c1ccccn1. The van der Waals surface area contributed by atoms with Crippen LogP contribution in [0.2, 0.25) is 5.02 Å². The van der Waals surface area contributed by atoms with Crippen molar-refractivity contribution in [2.45, 2.75) is 12.5 Å². The number of benzene rings is 1. The van der Waals surface area contributed by atoms with E-state index in [1.807, 2.05) is 24.3 Å². The highest BCUT2D eigenvalue weighted by atomic mass is 35.5. The number of carbonyl (C=O) groups is 1. The van der Waals surface area contributed by atoms with Gasteiger partial charge in [-0.2, -0.15) is 5.10 Å². The molecule has 0 fully saturated rings. The molecule has 0 bridgehead atoms. The van der Waals surface area contributed by atoms with Gasteiger partial charge in [0.15, 0.2) is 11.6 Å². The summed E-state index contributed by atoms with van der Waals surface area (Å²) >= 11 is 5.89. The molecule has 2 heterocycles. The van der Waals surface area contributed by atoms with Gasteiger partial charge in [0.05, 0.1) is 11.7 Å². The Morgan fingerprint density at radius 2 is 1.74 bits per heavy atom. The molecule has 1 unspecified atom stereocenters. The number of Topliss-reactive ketones (excluding diaryl/α,β-unsaturated/α-hetero) is 1. The smallest absolute Gasteiger partial charge is 0.169 e. The first kappa shape index (κ1) is 18.5. The van der Waals surface area contributed by atoms with Crippen LogP contribution in [0.25, 0.3) is 0 Å². The third-order valence-corrected chi connectivity index (χ3v) is 4.12. The lowest BCUT2D eigenvalue weighted by Gasteiger charge is -2.16. The Bertz CT molecular complexity index is 914. The average Bonchev–Trinajstić information content (AvgIpc) is 2.72. The zero-order valence-electron chi connectivity index (χ0n) is 14.4. The summed E-state index contributed by atoms with van der Waals surface area (Å²) < 4.78 is 0. The number of pyridine rings is 2. The predicted molar refractivity (Wildman–Crippen MR) is 105 cm³/mol. The number of nitrogens with zero attached hydrogens (tertiary/aromatic N) is 3. The number of nitrogens with two attached hydrogens (primary N) is 1. The van der Waals surface area contributed by atoms with E-state index in [0.29, 0.717) is 22.0 Å². The highest BCUT2D eigenvalue weighted by Gasteiger charge is 2.18. The van der Waals surface area contributed by atoms with Gasteiger partial charge in [-0.1, -0.05) is 23.7 Å². The number of hydrazone groups is 1. The topological polar surface area (TPSA) is 93.3 Å². The molecule has 2 aromatic heterocycles. The van der Waals surface area contributed by atoms with Crippen LogP contribution < -0.4 is 11.2 Å². The molecule has 0 spiro atoms. The Kier molecular flexibility index (Phi) is 6.12. The lowest BCUT2D eigenvalue weighted by molar-refractivity contribution is 0.0968. The van der Waals surface area contributed by atoms with Crippen LogP contribution in [0.3, 0.4) is 0 Å². The van der Waals surface area contributed by atoms with Crippen molar-refractivity contribution in [3.05, 3.63) is 95.0 Å². The summed E-state index contributed by atoms with van der Waals surface area (Å²) in [7, 11) is 0. The third kappa shape index (κ3) is 5.12. The predicted octanol–water partition coefficient (Wildman–Crippen LogP) is 3.35. The maximum atomic E-state index is 12.7. The molecular formula is C20H18ClN5O. The van der Waals surface area contributed by atoms with E-state index in [0.717, 1.165) is 0 Å². The zero-order chi connectivity index (χ0) is 19.1. The molecule has 0 aliphatic rings. The van der Waals surface area contributed by atoms with E-state index >= 15 is 0 Å². The van der Waals surface area contributed by atoms with Gasteiger partial charge in [-0.15, -0.1) is 0 Å². The first-order chi connectivity index (χ1) is 13.1. The average molecular weight is 380 g/mol. The van der Waals surface area contributed by atoms with Gasteiger partial charge in [-0.3, -0.25) is 20.2 Å². The fourth-order valence-corrected chi connectivity index (χ4v) is 2.58. The fourth-order valence-electron chi connectivity index (χ4n) is 2.46. The van der Waals surface area contributed by atoms with Gasteiger partial charge >= 0.3 is 0 Å². The first-order valence-corrected chi connectivity index (χ1v) is 8.71. The minimum atomic E-state index is -0.434. The van der Waals surface area contributed by atoms with Crippen LogP contribution in [-0.4, -0.2) is 21.6 Å². The number of nitrogens with one attached hydrogen (secondary N) is 1. The van der Waals surface area contributed by atoms with Gasteiger partial charge in [0.1, 0.15) is 5.69 Å². The molecule has 6 nitrogen and oxygen atoms in total. The molecule has 0 saturated carbocycles. The van der Waals surface area contributed by atoms with Crippen molar-refractivity contribution in [3.8, 4) is 0 Å². The van der Waals surface area contributed by atoms with Crippen molar-refractivity contribution in [2.24, 2.45) is 10.8 Å². The number of amidine groups is 1. The molecule has 0 radical (unpaired) electrons. The summed E-state index contributed by atoms with van der Waals surface area (Å²) in [5.41, 5.74) is 10.8. The van der Waals surface area contributed by atoms with Gasteiger partial charge < -0.3 is 5.73 Å². The second kappa shape index (κ2) is 8.91. The van der Waals surface area contributed by atoms with E-state index in [-0.39, 0.29) is 18.0 Å². The van der Waals surface area contributed by atoms with Crippen molar-refractivity contribution in [1.82, 2.24) is 15.4 Å².